The summed E-state index contributed by atoms with van der Waals surface area (Å²) in [5, 5.41) is 0. The lowest BCUT2D eigenvalue weighted by atomic mass is 10.1. The highest BCUT2D eigenvalue weighted by molar-refractivity contribution is 5.81. The number of anilines is 1. The molecule has 3 rings (SSSR count). The number of nitrogens with zero attached hydrogens (tertiary/aromatic N) is 2. The Hall–Kier alpha value is -2.29. The summed E-state index contributed by atoms with van der Waals surface area (Å²) in [6.07, 6.45) is 0. The molecule has 0 amide bonds. The third-order valence-electron chi connectivity index (χ3n) is 3.57. The molecule has 3 aromatic rings. The number of aryl methyl sites for hydroxylation is 3. The standard InChI is InChI=1S/C16H17N3/c1-10-4-7-15-14(8-10)18-16(19(15)3)12-6-5-11(2)13(17)9-12/h4-9H,17H2,1-3H3. The van der Waals surface area contributed by atoms with E-state index in [1.807, 2.05) is 26.1 Å². The van der Waals surface area contributed by atoms with Crippen molar-refractivity contribution >= 4 is 16.7 Å². The van der Waals surface area contributed by atoms with Crippen LogP contribution in [0.15, 0.2) is 36.4 Å². The van der Waals surface area contributed by atoms with E-state index in [2.05, 4.69) is 35.8 Å². The number of nitrogens with two attached hydrogens (primary N) is 1. The maximum Gasteiger partial charge on any atom is 0.140 e. The van der Waals surface area contributed by atoms with Crippen LogP contribution in [0.1, 0.15) is 11.1 Å². The first-order valence-corrected chi connectivity index (χ1v) is 6.36. The van der Waals surface area contributed by atoms with Gasteiger partial charge in [-0.1, -0.05) is 18.2 Å². The number of imidazole rings is 1. The largest absolute Gasteiger partial charge is 0.398 e. The number of hydrogen-bond donors (Lipinski definition) is 1. The lowest BCUT2D eigenvalue weighted by molar-refractivity contribution is 0.959. The highest BCUT2D eigenvalue weighted by atomic mass is 15.1. The van der Waals surface area contributed by atoms with Gasteiger partial charge < -0.3 is 10.3 Å². The van der Waals surface area contributed by atoms with Gasteiger partial charge in [0.2, 0.25) is 0 Å². The first-order chi connectivity index (χ1) is 9.06. The van der Waals surface area contributed by atoms with E-state index in [1.165, 1.54) is 5.56 Å². The fourth-order valence-corrected chi connectivity index (χ4v) is 2.35. The van der Waals surface area contributed by atoms with Crippen LogP contribution in [0.4, 0.5) is 5.69 Å². The van der Waals surface area contributed by atoms with Crippen molar-refractivity contribution in [2.45, 2.75) is 13.8 Å². The van der Waals surface area contributed by atoms with E-state index < -0.39 is 0 Å². The molecule has 0 fully saturated rings. The molecule has 19 heavy (non-hydrogen) atoms. The van der Waals surface area contributed by atoms with Crippen LogP contribution in [0.5, 0.6) is 0 Å². The molecule has 0 atom stereocenters. The number of benzene rings is 2. The Morgan fingerprint density at radius 1 is 1.05 bits per heavy atom. The molecule has 0 spiro atoms. The van der Waals surface area contributed by atoms with Crippen LogP contribution in [-0.4, -0.2) is 9.55 Å². The molecule has 3 nitrogen and oxygen atoms in total. The summed E-state index contributed by atoms with van der Waals surface area (Å²) in [4.78, 5) is 4.72. The zero-order chi connectivity index (χ0) is 13.6. The van der Waals surface area contributed by atoms with Crippen molar-refractivity contribution in [2.75, 3.05) is 5.73 Å². The van der Waals surface area contributed by atoms with Gasteiger partial charge in [0, 0.05) is 18.3 Å². The minimum atomic E-state index is 0.806. The van der Waals surface area contributed by atoms with Crippen molar-refractivity contribution in [3.05, 3.63) is 47.5 Å². The van der Waals surface area contributed by atoms with Gasteiger partial charge in [-0.15, -0.1) is 0 Å². The van der Waals surface area contributed by atoms with Gasteiger partial charge in [-0.3, -0.25) is 0 Å². The molecule has 1 heterocycles. The monoisotopic (exact) mass is 251 g/mol. The van der Waals surface area contributed by atoms with E-state index in [9.17, 15) is 0 Å². The minimum absolute atomic E-state index is 0.806. The average Bonchev–Trinajstić information content (AvgIpc) is 2.70. The summed E-state index contributed by atoms with van der Waals surface area (Å²) in [6.45, 7) is 4.09. The van der Waals surface area contributed by atoms with Crippen LogP contribution in [0.25, 0.3) is 22.4 Å². The van der Waals surface area contributed by atoms with Gasteiger partial charge in [-0.25, -0.2) is 4.98 Å². The fraction of sp³-hybridized carbons (Fsp3) is 0.188. The molecule has 0 aliphatic rings. The average molecular weight is 251 g/mol. The second kappa shape index (κ2) is 4.12. The normalized spacial score (nSPS) is 11.1. The number of aromatic nitrogens is 2. The van der Waals surface area contributed by atoms with Crippen LogP contribution in [0, 0.1) is 13.8 Å². The van der Waals surface area contributed by atoms with Gasteiger partial charge in [0.25, 0.3) is 0 Å². The summed E-state index contributed by atoms with van der Waals surface area (Å²) in [5.74, 6) is 0.951. The highest BCUT2D eigenvalue weighted by Crippen LogP contribution is 2.26. The van der Waals surface area contributed by atoms with Gasteiger partial charge >= 0.3 is 0 Å². The Labute approximate surface area is 112 Å². The predicted molar refractivity (Wildman–Crippen MR) is 80.0 cm³/mol. The van der Waals surface area contributed by atoms with Crippen LogP contribution in [0.3, 0.4) is 0 Å². The minimum Gasteiger partial charge on any atom is -0.398 e. The molecule has 0 bridgehead atoms. The maximum atomic E-state index is 5.99. The summed E-state index contributed by atoms with van der Waals surface area (Å²) in [7, 11) is 2.04. The molecule has 0 unspecified atom stereocenters. The molecule has 0 saturated heterocycles. The van der Waals surface area contributed by atoms with Gasteiger partial charge in [-0.2, -0.15) is 0 Å². The van der Waals surface area contributed by atoms with Crippen LogP contribution >= 0.6 is 0 Å². The molecular weight excluding hydrogens is 234 g/mol. The molecule has 0 aliphatic carbocycles. The Kier molecular flexibility index (Phi) is 2.56. The van der Waals surface area contributed by atoms with Gasteiger partial charge in [0.1, 0.15) is 5.82 Å². The molecular formula is C16H17N3. The Balaban J connectivity index is 2.24. The Bertz CT molecular complexity index is 769. The maximum absolute atomic E-state index is 5.99. The predicted octanol–water partition coefficient (Wildman–Crippen LogP) is 3.44. The Morgan fingerprint density at radius 3 is 2.58 bits per heavy atom. The lowest BCUT2D eigenvalue weighted by Crippen LogP contribution is -1.95. The smallest absolute Gasteiger partial charge is 0.140 e. The van der Waals surface area contributed by atoms with Gasteiger partial charge in [0.05, 0.1) is 11.0 Å². The zero-order valence-corrected chi connectivity index (χ0v) is 11.4. The first-order valence-electron chi connectivity index (χ1n) is 6.36. The quantitative estimate of drug-likeness (QED) is 0.673. The van der Waals surface area contributed by atoms with E-state index in [0.717, 1.165) is 33.7 Å². The topological polar surface area (TPSA) is 43.8 Å². The number of nitrogen functional groups attached to an aromatic ring is 1. The van der Waals surface area contributed by atoms with Crippen molar-refractivity contribution < 1.29 is 0 Å². The molecule has 0 radical (unpaired) electrons. The Morgan fingerprint density at radius 2 is 1.84 bits per heavy atom. The molecule has 1 aromatic heterocycles. The highest BCUT2D eigenvalue weighted by Gasteiger charge is 2.10. The summed E-state index contributed by atoms with van der Waals surface area (Å²) >= 11 is 0. The number of hydrogen-bond acceptors (Lipinski definition) is 2. The van der Waals surface area contributed by atoms with Crippen LogP contribution < -0.4 is 5.73 Å². The van der Waals surface area contributed by atoms with E-state index in [4.69, 9.17) is 10.7 Å². The molecule has 0 saturated carbocycles. The van der Waals surface area contributed by atoms with Crippen molar-refractivity contribution in [3.8, 4) is 11.4 Å². The summed E-state index contributed by atoms with van der Waals surface area (Å²) < 4.78 is 2.11. The molecule has 2 aromatic carbocycles. The van der Waals surface area contributed by atoms with E-state index in [0.29, 0.717) is 0 Å². The second-order valence-electron chi connectivity index (χ2n) is 5.06. The summed E-state index contributed by atoms with van der Waals surface area (Å²) in [5.41, 5.74) is 12.3. The van der Waals surface area contributed by atoms with Crippen molar-refractivity contribution in [2.24, 2.45) is 7.05 Å². The zero-order valence-electron chi connectivity index (χ0n) is 11.4. The molecule has 3 heteroatoms. The van der Waals surface area contributed by atoms with Crippen molar-refractivity contribution in [3.63, 3.8) is 0 Å². The van der Waals surface area contributed by atoms with E-state index in [-0.39, 0.29) is 0 Å². The first kappa shape index (κ1) is 11.8. The third kappa shape index (κ3) is 1.87. The third-order valence-corrected chi connectivity index (χ3v) is 3.57. The van der Waals surface area contributed by atoms with Gasteiger partial charge in [-0.05, 0) is 43.2 Å². The molecule has 2 N–H and O–H groups in total. The van der Waals surface area contributed by atoms with E-state index in [1.54, 1.807) is 0 Å². The van der Waals surface area contributed by atoms with Crippen LogP contribution in [-0.2, 0) is 7.05 Å². The lowest BCUT2D eigenvalue weighted by Gasteiger charge is -2.05. The fourth-order valence-electron chi connectivity index (χ4n) is 2.35. The van der Waals surface area contributed by atoms with E-state index >= 15 is 0 Å². The van der Waals surface area contributed by atoms with Crippen molar-refractivity contribution in [1.29, 1.82) is 0 Å². The second-order valence-corrected chi connectivity index (χ2v) is 5.06. The molecule has 0 aliphatic heterocycles. The summed E-state index contributed by atoms with van der Waals surface area (Å²) in [6, 6.07) is 12.4. The van der Waals surface area contributed by atoms with Crippen molar-refractivity contribution in [1.82, 2.24) is 9.55 Å². The SMILES string of the molecule is Cc1ccc2c(c1)nc(-c1ccc(C)c(N)c1)n2C. The number of rotatable bonds is 1. The number of fused-ring (bicyclic) bond motifs is 1. The molecule has 96 valence electrons. The van der Waals surface area contributed by atoms with Gasteiger partial charge in [0.15, 0.2) is 0 Å². The van der Waals surface area contributed by atoms with Crippen LogP contribution in [0.2, 0.25) is 0 Å².